The molecule has 28 heavy (non-hydrogen) atoms. The average Bonchev–Trinajstić information content (AvgIpc) is 3.19. The molecule has 2 aromatic carbocycles. The fourth-order valence-corrected chi connectivity index (χ4v) is 3.19. The first kappa shape index (κ1) is 17.9. The number of nitrogens with one attached hydrogen (secondary N) is 1. The third-order valence-corrected chi connectivity index (χ3v) is 5.19. The number of hydrogen-bond acceptors (Lipinski definition) is 5. The maximum Gasteiger partial charge on any atom is 0.335 e. The van der Waals surface area contributed by atoms with Crippen LogP contribution < -0.4 is 4.90 Å². The van der Waals surface area contributed by atoms with Gasteiger partial charge >= 0.3 is 5.97 Å². The van der Waals surface area contributed by atoms with Crippen molar-refractivity contribution in [3.8, 4) is 11.3 Å². The molecule has 4 rings (SSSR count). The summed E-state index contributed by atoms with van der Waals surface area (Å²) in [5, 5.41) is 17.3. The molecule has 4 aromatic rings. The van der Waals surface area contributed by atoms with Gasteiger partial charge in [0.25, 0.3) is 0 Å². The number of rotatable bonds is 5. The Morgan fingerprint density at radius 3 is 2.75 bits per heavy atom. The number of aromatic nitrogens is 4. The lowest BCUT2D eigenvalue weighted by Crippen LogP contribution is -2.29. The molecule has 0 aliphatic carbocycles. The van der Waals surface area contributed by atoms with Gasteiger partial charge in [-0.15, -0.1) is 0 Å². The average molecular weight is 375 g/mol. The minimum Gasteiger partial charge on any atom is -0.478 e. The van der Waals surface area contributed by atoms with E-state index in [0.29, 0.717) is 11.0 Å². The molecule has 0 aliphatic heterocycles. The van der Waals surface area contributed by atoms with E-state index in [0.717, 1.165) is 34.4 Å². The molecule has 0 amide bonds. The predicted molar refractivity (Wildman–Crippen MR) is 110 cm³/mol. The van der Waals surface area contributed by atoms with Gasteiger partial charge in [-0.25, -0.2) is 14.8 Å². The first-order valence-corrected chi connectivity index (χ1v) is 9.19. The standard InChI is InChI=1S/C21H21N5O2/c1-4-12(2)26(3)20-19(13-5-7-16-15(9-13)11-22-25-16)23-17-8-6-14(21(27)28)10-18(17)24-20/h5-12H,4H2,1-3H3,(H,22,25)(H,27,28). The lowest BCUT2D eigenvalue weighted by Gasteiger charge is -2.27. The second-order valence-electron chi connectivity index (χ2n) is 6.94. The molecule has 2 aromatic heterocycles. The Hall–Kier alpha value is -3.48. The van der Waals surface area contributed by atoms with Crippen LogP contribution in [0.4, 0.5) is 5.82 Å². The summed E-state index contributed by atoms with van der Waals surface area (Å²) in [6, 6.07) is 11.1. The molecule has 7 nitrogen and oxygen atoms in total. The molecule has 142 valence electrons. The van der Waals surface area contributed by atoms with Gasteiger partial charge in [0.15, 0.2) is 5.82 Å². The molecule has 0 fully saturated rings. The summed E-state index contributed by atoms with van der Waals surface area (Å²) in [7, 11) is 1.99. The quantitative estimate of drug-likeness (QED) is 0.545. The van der Waals surface area contributed by atoms with Gasteiger partial charge in [0.2, 0.25) is 0 Å². The fourth-order valence-electron chi connectivity index (χ4n) is 3.19. The summed E-state index contributed by atoms with van der Waals surface area (Å²) in [5.41, 5.74) is 4.09. The second kappa shape index (κ2) is 6.92. The molecular weight excluding hydrogens is 354 g/mol. The fraction of sp³-hybridized carbons (Fsp3) is 0.238. The normalized spacial score (nSPS) is 12.4. The van der Waals surface area contributed by atoms with Crippen molar-refractivity contribution in [2.75, 3.05) is 11.9 Å². The van der Waals surface area contributed by atoms with Crippen LogP contribution in [0.1, 0.15) is 30.6 Å². The van der Waals surface area contributed by atoms with Crippen LogP contribution in [-0.2, 0) is 0 Å². The Balaban J connectivity index is 1.96. The molecule has 0 radical (unpaired) electrons. The first-order valence-electron chi connectivity index (χ1n) is 9.19. The summed E-state index contributed by atoms with van der Waals surface area (Å²) >= 11 is 0. The molecule has 2 heterocycles. The highest BCUT2D eigenvalue weighted by Gasteiger charge is 2.19. The van der Waals surface area contributed by atoms with Crippen LogP contribution in [0.5, 0.6) is 0 Å². The molecule has 1 unspecified atom stereocenters. The van der Waals surface area contributed by atoms with Crippen LogP contribution in [0.25, 0.3) is 33.2 Å². The highest BCUT2D eigenvalue weighted by Crippen LogP contribution is 2.32. The number of H-pyrrole nitrogens is 1. The lowest BCUT2D eigenvalue weighted by molar-refractivity contribution is 0.0697. The maximum absolute atomic E-state index is 11.3. The number of anilines is 1. The van der Waals surface area contributed by atoms with Gasteiger partial charge in [0, 0.05) is 24.0 Å². The SMILES string of the molecule is CCC(C)N(C)c1nc2cc(C(=O)O)ccc2nc1-c1ccc2[nH]ncc2c1. The number of benzene rings is 2. The third kappa shape index (κ3) is 3.05. The highest BCUT2D eigenvalue weighted by atomic mass is 16.4. The zero-order valence-electron chi connectivity index (χ0n) is 16.0. The van der Waals surface area contributed by atoms with Crippen LogP contribution in [-0.4, -0.2) is 44.3 Å². The molecule has 0 saturated heterocycles. The lowest BCUT2D eigenvalue weighted by atomic mass is 10.1. The van der Waals surface area contributed by atoms with Crippen molar-refractivity contribution in [1.29, 1.82) is 0 Å². The van der Waals surface area contributed by atoms with Crippen LogP contribution in [0.3, 0.4) is 0 Å². The van der Waals surface area contributed by atoms with E-state index < -0.39 is 5.97 Å². The molecule has 7 heteroatoms. The Morgan fingerprint density at radius 1 is 1.18 bits per heavy atom. The largest absolute Gasteiger partial charge is 0.478 e. The minimum atomic E-state index is -0.977. The van der Waals surface area contributed by atoms with Crippen molar-refractivity contribution in [3.05, 3.63) is 48.2 Å². The molecule has 0 saturated carbocycles. The number of hydrogen-bond donors (Lipinski definition) is 2. The minimum absolute atomic E-state index is 0.200. The molecule has 1 atom stereocenters. The first-order chi connectivity index (χ1) is 13.5. The number of carbonyl (C=O) groups is 1. The van der Waals surface area contributed by atoms with Crippen LogP contribution in [0.15, 0.2) is 42.6 Å². The van der Waals surface area contributed by atoms with E-state index in [1.165, 1.54) is 0 Å². The second-order valence-corrected chi connectivity index (χ2v) is 6.94. The summed E-state index contributed by atoms with van der Waals surface area (Å²) in [5.74, 6) is -0.248. The summed E-state index contributed by atoms with van der Waals surface area (Å²) < 4.78 is 0. The Kier molecular flexibility index (Phi) is 4.43. The molecule has 0 aliphatic rings. The Bertz CT molecular complexity index is 1180. The van der Waals surface area contributed by atoms with E-state index in [1.54, 1.807) is 24.4 Å². The van der Waals surface area contributed by atoms with Gasteiger partial charge in [0.05, 0.1) is 28.3 Å². The number of nitrogens with zero attached hydrogens (tertiary/aromatic N) is 4. The van der Waals surface area contributed by atoms with Crippen LogP contribution in [0, 0.1) is 0 Å². The van der Waals surface area contributed by atoms with E-state index in [2.05, 4.69) is 28.9 Å². The van der Waals surface area contributed by atoms with Gasteiger partial charge in [-0.05, 0) is 43.7 Å². The van der Waals surface area contributed by atoms with Gasteiger partial charge in [-0.3, -0.25) is 5.10 Å². The van der Waals surface area contributed by atoms with E-state index in [1.807, 2.05) is 25.2 Å². The zero-order chi connectivity index (χ0) is 19.8. The van der Waals surface area contributed by atoms with Gasteiger partial charge < -0.3 is 10.0 Å². The Labute approximate surface area is 162 Å². The molecule has 0 bridgehead atoms. The summed E-state index contributed by atoms with van der Waals surface area (Å²) in [6.45, 7) is 4.25. The number of carboxylic acids is 1. The van der Waals surface area contributed by atoms with Crippen molar-refractivity contribution in [2.45, 2.75) is 26.3 Å². The molecule has 0 spiro atoms. The topological polar surface area (TPSA) is 95.0 Å². The summed E-state index contributed by atoms with van der Waals surface area (Å²) in [4.78, 5) is 23.1. The molecule has 2 N–H and O–H groups in total. The third-order valence-electron chi connectivity index (χ3n) is 5.19. The number of fused-ring (bicyclic) bond motifs is 2. The van der Waals surface area contributed by atoms with E-state index >= 15 is 0 Å². The molecular formula is C21H21N5O2. The van der Waals surface area contributed by atoms with Crippen LogP contribution >= 0.6 is 0 Å². The smallest absolute Gasteiger partial charge is 0.335 e. The van der Waals surface area contributed by atoms with Gasteiger partial charge in [-0.2, -0.15) is 5.10 Å². The van der Waals surface area contributed by atoms with E-state index in [9.17, 15) is 9.90 Å². The predicted octanol–water partition coefficient (Wildman–Crippen LogP) is 4.11. The van der Waals surface area contributed by atoms with Crippen molar-refractivity contribution in [3.63, 3.8) is 0 Å². The van der Waals surface area contributed by atoms with E-state index in [-0.39, 0.29) is 11.6 Å². The number of carboxylic acid groups (broad SMARTS) is 1. The van der Waals surface area contributed by atoms with Gasteiger partial charge in [-0.1, -0.05) is 13.0 Å². The monoisotopic (exact) mass is 375 g/mol. The Morgan fingerprint density at radius 2 is 2.00 bits per heavy atom. The van der Waals surface area contributed by atoms with E-state index in [4.69, 9.17) is 9.97 Å². The van der Waals surface area contributed by atoms with Crippen molar-refractivity contribution in [2.24, 2.45) is 0 Å². The van der Waals surface area contributed by atoms with Crippen molar-refractivity contribution in [1.82, 2.24) is 20.2 Å². The van der Waals surface area contributed by atoms with Crippen molar-refractivity contribution < 1.29 is 9.90 Å². The maximum atomic E-state index is 11.3. The number of aromatic amines is 1. The summed E-state index contributed by atoms with van der Waals surface area (Å²) in [6.07, 6.45) is 2.73. The zero-order valence-corrected chi connectivity index (χ0v) is 16.0. The van der Waals surface area contributed by atoms with Crippen LogP contribution in [0.2, 0.25) is 0 Å². The number of aromatic carboxylic acids is 1. The highest BCUT2D eigenvalue weighted by molar-refractivity contribution is 5.94. The van der Waals surface area contributed by atoms with Gasteiger partial charge in [0.1, 0.15) is 5.69 Å². The van der Waals surface area contributed by atoms with Crippen molar-refractivity contribution >= 4 is 33.7 Å².